The summed E-state index contributed by atoms with van der Waals surface area (Å²) >= 11 is 5.89. The zero-order chi connectivity index (χ0) is 20.0. The molecular formula is C20H21ClN2O4. The molecule has 142 valence electrons. The molecule has 0 bridgehead atoms. The first kappa shape index (κ1) is 20.5. The molecule has 0 spiro atoms. The van der Waals surface area contributed by atoms with Crippen molar-refractivity contribution in [1.82, 2.24) is 5.32 Å². The van der Waals surface area contributed by atoms with Crippen LogP contribution in [-0.4, -0.2) is 36.0 Å². The van der Waals surface area contributed by atoms with Crippen LogP contribution >= 0.6 is 11.6 Å². The Morgan fingerprint density at radius 3 is 2.19 bits per heavy atom. The average Bonchev–Trinajstić information content (AvgIpc) is 2.60. The summed E-state index contributed by atoms with van der Waals surface area (Å²) in [6.07, 6.45) is -0.180. The number of benzene rings is 2. The van der Waals surface area contributed by atoms with Gasteiger partial charge in [-0.15, -0.1) is 0 Å². The fourth-order valence-electron chi connectivity index (χ4n) is 2.74. The standard InChI is InChI=1S/C20H21ClN2O4/c1-13-4-3-5-14(2)19(13)23(12-17(24)22-11-10-18(25)26)20(27)15-6-8-16(21)9-7-15/h3-9H,10-12H2,1-2H3,(H,22,24)(H,25,26). The van der Waals surface area contributed by atoms with Gasteiger partial charge in [0.15, 0.2) is 0 Å². The molecule has 0 atom stereocenters. The van der Waals surface area contributed by atoms with Gasteiger partial charge >= 0.3 is 5.97 Å². The number of carbonyl (C=O) groups is 3. The number of carboxylic acids is 1. The second kappa shape index (κ2) is 9.19. The maximum Gasteiger partial charge on any atom is 0.305 e. The first-order chi connectivity index (χ1) is 12.8. The molecule has 0 heterocycles. The first-order valence-corrected chi connectivity index (χ1v) is 8.79. The quantitative estimate of drug-likeness (QED) is 0.762. The highest BCUT2D eigenvalue weighted by Gasteiger charge is 2.23. The van der Waals surface area contributed by atoms with Crippen LogP contribution in [0.4, 0.5) is 5.69 Å². The second-order valence-electron chi connectivity index (χ2n) is 6.13. The number of aryl methyl sites for hydroxylation is 2. The third-order valence-corrected chi connectivity index (χ3v) is 4.26. The second-order valence-corrected chi connectivity index (χ2v) is 6.57. The molecule has 2 N–H and O–H groups in total. The molecule has 2 aromatic carbocycles. The zero-order valence-corrected chi connectivity index (χ0v) is 15.9. The Morgan fingerprint density at radius 2 is 1.63 bits per heavy atom. The van der Waals surface area contributed by atoms with Gasteiger partial charge < -0.3 is 10.4 Å². The minimum Gasteiger partial charge on any atom is -0.481 e. The summed E-state index contributed by atoms with van der Waals surface area (Å²) < 4.78 is 0. The minimum atomic E-state index is -1.00. The topological polar surface area (TPSA) is 86.7 Å². The van der Waals surface area contributed by atoms with Gasteiger partial charge in [0.1, 0.15) is 6.54 Å². The van der Waals surface area contributed by atoms with Crippen LogP contribution in [0.15, 0.2) is 42.5 Å². The van der Waals surface area contributed by atoms with Crippen molar-refractivity contribution in [3.8, 4) is 0 Å². The molecule has 0 radical (unpaired) electrons. The molecule has 7 heteroatoms. The number of anilines is 1. The Hall–Kier alpha value is -2.86. The SMILES string of the molecule is Cc1cccc(C)c1N(CC(=O)NCCC(=O)O)C(=O)c1ccc(Cl)cc1. The number of hydrogen-bond donors (Lipinski definition) is 2. The van der Waals surface area contributed by atoms with E-state index in [1.165, 1.54) is 4.90 Å². The third kappa shape index (κ3) is 5.56. The van der Waals surface area contributed by atoms with Gasteiger partial charge in [-0.3, -0.25) is 19.3 Å². The van der Waals surface area contributed by atoms with E-state index in [0.29, 0.717) is 16.3 Å². The van der Waals surface area contributed by atoms with Crippen LogP contribution < -0.4 is 10.2 Å². The molecule has 2 aromatic rings. The van der Waals surface area contributed by atoms with Crippen LogP contribution in [0.3, 0.4) is 0 Å². The highest BCUT2D eigenvalue weighted by molar-refractivity contribution is 6.30. The van der Waals surface area contributed by atoms with Gasteiger partial charge in [0, 0.05) is 17.1 Å². The number of carbonyl (C=O) groups excluding carboxylic acids is 2. The van der Waals surface area contributed by atoms with E-state index in [2.05, 4.69) is 5.32 Å². The third-order valence-electron chi connectivity index (χ3n) is 4.01. The highest BCUT2D eigenvalue weighted by Crippen LogP contribution is 2.26. The average molecular weight is 389 g/mol. The Kier molecular flexibility index (Phi) is 6.96. The summed E-state index contributed by atoms with van der Waals surface area (Å²) in [5, 5.41) is 11.7. The van der Waals surface area contributed by atoms with Crippen molar-refractivity contribution in [3.63, 3.8) is 0 Å². The molecular weight excluding hydrogens is 368 g/mol. The lowest BCUT2D eigenvalue weighted by atomic mass is 10.1. The van der Waals surface area contributed by atoms with Crippen LogP contribution in [0, 0.1) is 13.8 Å². The summed E-state index contributed by atoms with van der Waals surface area (Å²) in [5.41, 5.74) is 2.78. The number of aliphatic carboxylic acids is 1. The lowest BCUT2D eigenvalue weighted by molar-refractivity contribution is -0.136. The Balaban J connectivity index is 2.31. The number of para-hydroxylation sites is 1. The van der Waals surface area contributed by atoms with Crippen molar-refractivity contribution >= 4 is 35.1 Å². The number of carboxylic acid groups (broad SMARTS) is 1. The number of halogens is 1. The molecule has 0 aliphatic carbocycles. The first-order valence-electron chi connectivity index (χ1n) is 8.41. The predicted molar refractivity (Wildman–Crippen MR) is 104 cm³/mol. The largest absolute Gasteiger partial charge is 0.481 e. The van der Waals surface area contributed by atoms with Crippen LogP contribution in [0.25, 0.3) is 0 Å². The number of nitrogens with zero attached hydrogens (tertiary/aromatic N) is 1. The number of hydrogen-bond acceptors (Lipinski definition) is 3. The molecule has 0 saturated heterocycles. The zero-order valence-electron chi connectivity index (χ0n) is 15.2. The van der Waals surface area contributed by atoms with Crippen LogP contribution in [0.5, 0.6) is 0 Å². The van der Waals surface area contributed by atoms with E-state index in [1.807, 2.05) is 32.0 Å². The molecule has 0 aliphatic rings. The summed E-state index contributed by atoms with van der Waals surface area (Å²) in [6, 6.07) is 12.1. The molecule has 0 unspecified atom stereocenters. The van der Waals surface area contributed by atoms with Gasteiger partial charge in [-0.2, -0.15) is 0 Å². The van der Waals surface area contributed by atoms with Gasteiger partial charge in [0.05, 0.1) is 12.1 Å². The van der Waals surface area contributed by atoms with Gasteiger partial charge in [-0.1, -0.05) is 29.8 Å². The van der Waals surface area contributed by atoms with E-state index in [0.717, 1.165) is 11.1 Å². The molecule has 27 heavy (non-hydrogen) atoms. The van der Waals surface area contributed by atoms with Crippen molar-refractivity contribution in [2.45, 2.75) is 20.3 Å². The van der Waals surface area contributed by atoms with Gasteiger partial charge in [0.25, 0.3) is 5.91 Å². The Morgan fingerprint density at radius 1 is 1.04 bits per heavy atom. The lowest BCUT2D eigenvalue weighted by Gasteiger charge is -2.26. The number of nitrogens with one attached hydrogen (secondary N) is 1. The lowest BCUT2D eigenvalue weighted by Crippen LogP contribution is -2.42. The molecule has 0 aromatic heterocycles. The fraction of sp³-hybridized carbons (Fsp3) is 0.250. The minimum absolute atomic E-state index is 0.00387. The van der Waals surface area contributed by atoms with E-state index in [4.69, 9.17) is 16.7 Å². The van der Waals surface area contributed by atoms with E-state index in [9.17, 15) is 14.4 Å². The maximum absolute atomic E-state index is 13.1. The van der Waals surface area contributed by atoms with Gasteiger partial charge in [-0.05, 0) is 49.2 Å². The molecule has 2 rings (SSSR count). The summed E-state index contributed by atoms with van der Waals surface area (Å²) in [6.45, 7) is 3.52. The van der Waals surface area contributed by atoms with Crippen molar-refractivity contribution in [2.24, 2.45) is 0 Å². The molecule has 0 saturated carbocycles. The predicted octanol–water partition coefficient (Wildman–Crippen LogP) is 3.19. The molecule has 0 fully saturated rings. The van der Waals surface area contributed by atoms with E-state index < -0.39 is 11.9 Å². The molecule has 0 aliphatic heterocycles. The maximum atomic E-state index is 13.1. The van der Waals surface area contributed by atoms with Gasteiger partial charge in [0.2, 0.25) is 5.91 Å². The summed E-state index contributed by atoms with van der Waals surface area (Å²) in [7, 11) is 0. The van der Waals surface area contributed by atoms with Crippen LogP contribution in [0.2, 0.25) is 5.02 Å². The number of rotatable bonds is 7. The van der Waals surface area contributed by atoms with Crippen molar-refractivity contribution in [3.05, 3.63) is 64.2 Å². The molecule has 6 nitrogen and oxygen atoms in total. The van der Waals surface area contributed by atoms with E-state index >= 15 is 0 Å². The van der Waals surface area contributed by atoms with Crippen LogP contribution in [-0.2, 0) is 9.59 Å². The molecule has 2 amide bonds. The Bertz CT molecular complexity index is 829. The highest BCUT2D eigenvalue weighted by atomic mass is 35.5. The smallest absolute Gasteiger partial charge is 0.305 e. The van der Waals surface area contributed by atoms with Crippen LogP contribution in [0.1, 0.15) is 27.9 Å². The number of amides is 2. The van der Waals surface area contributed by atoms with Crippen molar-refractivity contribution in [2.75, 3.05) is 18.0 Å². The fourth-order valence-corrected chi connectivity index (χ4v) is 2.87. The van der Waals surface area contributed by atoms with Crippen molar-refractivity contribution < 1.29 is 19.5 Å². The normalized spacial score (nSPS) is 10.3. The van der Waals surface area contributed by atoms with Crippen molar-refractivity contribution in [1.29, 1.82) is 0 Å². The Labute approximate surface area is 162 Å². The summed E-state index contributed by atoms with van der Waals surface area (Å²) in [5.74, 6) is -1.77. The van der Waals surface area contributed by atoms with Gasteiger partial charge in [-0.25, -0.2) is 0 Å². The van der Waals surface area contributed by atoms with E-state index in [-0.39, 0.29) is 25.4 Å². The summed E-state index contributed by atoms with van der Waals surface area (Å²) in [4.78, 5) is 37.4. The van der Waals surface area contributed by atoms with E-state index in [1.54, 1.807) is 24.3 Å². The monoisotopic (exact) mass is 388 g/mol.